The predicted octanol–water partition coefficient (Wildman–Crippen LogP) is 1.06. The third-order valence-electron chi connectivity index (χ3n) is 1.85. The number of anilines is 1. The van der Waals surface area contributed by atoms with E-state index in [9.17, 15) is 0 Å². The van der Waals surface area contributed by atoms with Crippen LogP contribution in [0.5, 0.6) is 0 Å². The molecule has 0 bridgehead atoms. The Morgan fingerprint density at radius 2 is 2.45 bits per heavy atom. The summed E-state index contributed by atoms with van der Waals surface area (Å²) in [4.78, 5) is 4.12. The van der Waals surface area contributed by atoms with E-state index in [4.69, 9.17) is 4.52 Å². The van der Waals surface area contributed by atoms with Crippen LogP contribution in [0.4, 0.5) is 6.01 Å². The van der Waals surface area contributed by atoms with Gasteiger partial charge < -0.3 is 9.84 Å². The Kier molecular flexibility index (Phi) is 1.52. The molecular weight excluding hydrogens is 142 g/mol. The lowest BCUT2D eigenvalue weighted by molar-refractivity contribution is 0.422. The number of hydrogen-bond acceptors (Lipinski definition) is 4. The van der Waals surface area contributed by atoms with Crippen LogP contribution >= 0.6 is 0 Å². The zero-order chi connectivity index (χ0) is 7.68. The molecule has 1 aliphatic rings. The second-order valence-corrected chi connectivity index (χ2v) is 2.91. The van der Waals surface area contributed by atoms with Gasteiger partial charge in [0, 0.05) is 13.5 Å². The summed E-state index contributed by atoms with van der Waals surface area (Å²) < 4.78 is 4.87. The molecule has 0 spiro atoms. The molecular formula is C7H11N3O. The number of hydrogen-bond donors (Lipinski definition) is 1. The van der Waals surface area contributed by atoms with Gasteiger partial charge in [-0.25, -0.2) is 0 Å². The number of nitrogens with one attached hydrogen (secondary N) is 1. The van der Waals surface area contributed by atoms with Crippen LogP contribution in [0.3, 0.4) is 0 Å². The molecule has 0 unspecified atom stereocenters. The summed E-state index contributed by atoms with van der Waals surface area (Å²) in [6, 6.07) is 0.514. The SMILES string of the molecule is CNc1nc(CC2CC2)no1. The topological polar surface area (TPSA) is 51.0 Å². The summed E-state index contributed by atoms with van der Waals surface area (Å²) in [6.07, 6.45) is 3.62. The van der Waals surface area contributed by atoms with Crippen molar-refractivity contribution in [3.63, 3.8) is 0 Å². The smallest absolute Gasteiger partial charge is 0.321 e. The molecule has 1 N–H and O–H groups in total. The Morgan fingerprint density at radius 1 is 1.64 bits per heavy atom. The van der Waals surface area contributed by atoms with Gasteiger partial charge >= 0.3 is 6.01 Å². The van der Waals surface area contributed by atoms with Crippen LogP contribution in [0.15, 0.2) is 4.52 Å². The average molecular weight is 153 g/mol. The Balaban J connectivity index is 1.99. The van der Waals surface area contributed by atoms with E-state index in [0.717, 1.165) is 18.2 Å². The minimum absolute atomic E-state index is 0.514. The summed E-state index contributed by atoms with van der Waals surface area (Å²) >= 11 is 0. The van der Waals surface area contributed by atoms with Crippen molar-refractivity contribution in [2.45, 2.75) is 19.3 Å². The normalized spacial score (nSPS) is 16.8. The van der Waals surface area contributed by atoms with Gasteiger partial charge in [-0.1, -0.05) is 5.16 Å². The van der Waals surface area contributed by atoms with E-state index in [-0.39, 0.29) is 0 Å². The summed E-state index contributed by atoms with van der Waals surface area (Å²) in [6.45, 7) is 0. The lowest BCUT2D eigenvalue weighted by atomic mass is 10.3. The lowest BCUT2D eigenvalue weighted by Crippen LogP contribution is -1.91. The van der Waals surface area contributed by atoms with Crippen molar-refractivity contribution in [1.29, 1.82) is 0 Å². The number of rotatable bonds is 3. The van der Waals surface area contributed by atoms with E-state index in [1.165, 1.54) is 12.8 Å². The maximum Gasteiger partial charge on any atom is 0.321 e. The van der Waals surface area contributed by atoms with Gasteiger partial charge in [0.15, 0.2) is 5.82 Å². The van der Waals surface area contributed by atoms with Crippen LogP contribution in [-0.4, -0.2) is 17.2 Å². The van der Waals surface area contributed by atoms with Crippen molar-refractivity contribution >= 4 is 6.01 Å². The van der Waals surface area contributed by atoms with E-state index in [1.54, 1.807) is 7.05 Å². The fourth-order valence-corrected chi connectivity index (χ4v) is 1.02. The molecule has 11 heavy (non-hydrogen) atoms. The van der Waals surface area contributed by atoms with Crippen LogP contribution in [0, 0.1) is 5.92 Å². The van der Waals surface area contributed by atoms with Crippen molar-refractivity contribution in [2.75, 3.05) is 12.4 Å². The van der Waals surface area contributed by atoms with Gasteiger partial charge in [0.25, 0.3) is 0 Å². The van der Waals surface area contributed by atoms with Gasteiger partial charge in [0.05, 0.1) is 0 Å². The minimum atomic E-state index is 0.514. The highest BCUT2D eigenvalue weighted by Gasteiger charge is 2.23. The molecule has 0 atom stereocenters. The zero-order valence-corrected chi connectivity index (χ0v) is 6.50. The highest BCUT2D eigenvalue weighted by molar-refractivity contribution is 5.16. The maximum absolute atomic E-state index is 4.87. The van der Waals surface area contributed by atoms with Gasteiger partial charge in [0.1, 0.15) is 0 Å². The first-order valence-corrected chi connectivity index (χ1v) is 3.89. The lowest BCUT2D eigenvalue weighted by Gasteiger charge is -1.85. The van der Waals surface area contributed by atoms with Crippen molar-refractivity contribution in [1.82, 2.24) is 10.1 Å². The number of aromatic nitrogens is 2. The molecule has 0 saturated heterocycles. The standard InChI is InChI=1S/C7H11N3O/c1-8-7-9-6(10-11-7)4-5-2-3-5/h5H,2-4H2,1H3,(H,8,9,10). The first-order chi connectivity index (χ1) is 5.38. The summed E-state index contributed by atoms with van der Waals surface area (Å²) in [5, 5.41) is 6.62. The molecule has 4 heteroatoms. The fraction of sp³-hybridized carbons (Fsp3) is 0.714. The Hall–Kier alpha value is -1.06. The van der Waals surface area contributed by atoms with E-state index in [2.05, 4.69) is 15.5 Å². The Bertz CT molecular complexity index is 242. The first kappa shape index (κ1) is 6.64. The van der Waals surface area contributed by atoms with Gasteiger partial charge in [0.2, 0.25) is 0 Å². The van der Waals surface area contributed by atoms with E-state index in [0.29, 0.717) is 6.01 Å². The highest BCUT2D eigenvalue weighted by Crippen LogP contribution is 2.31. The van der Waals surface area contributed by atoms with Crippen LogP contribution < -0.4 is 5.32 Å². The van der Waals surface area contributed by atoms with Crippen molar-refractivity contribution in [3.8, 4) is 0 Å². The summed E-state index contributed by atoms with van der Waals surface area (Å²) in [7, 11) is 1.77. The average Bonchev–Trinajstić information content (AvgIpc) is 2.68. The first-order valence-electron chi connectivity index (χ1n) is 3.89. The monoisotopic (exact) mass is 153 g/mol. The number of nitrogens with zero attached hydrogens (tertiary/aromatic N) is 2. The minimum Gasteiger partial charge on any atom is -0.341 e. The molecule has 0 aliphatic heterocycles. The fourth-order valence-electron chi connectivity index (χ4n) is 1.02. The molecule has 1 saturated carbocycles. The quantitative estimate of drug-likeness (QED) is 0.705. The second kappa shape index (κ2) is 2.53. The third kappa shape index (κ3) is 1.50. The molecule has 2 rings (SSSR count). The van der Waals surface area contributed by atoms with Gasteiger partial charge in [-0.05, 0) is 18.8 Å². The summed E-state index contributed by atoms with van der Waals surface area (Å²) in [5.41, 5.74) is 0. The molecule has 1 aromatic rings. The molecule has 4 nitrogen and oxygen atoms in total. The molecule has 1 aromatic heterocycles. The van der Waals surface area contributed by atoms with E-state index >= 15 is 0 Å². The molecule has 1 heterocycles. The van der Waals surface area contributed by atoms with Crippen LogP contribution in [0.25, 0.3) is 0 Å². The molecule has 60 valence electrons. The van der Waals surface area contributed by atoms with Crippen molar-refractivity contribution in [3.05, 3.63) is 5.82 Å². The maximum atomic E-state index is 4.87. The van der Waals surface area contributed by atoms with Gasteiger partial charge in [-0.15, -0.1) is 0 Å². The highest BCUT2D eigenvalue weighted by atomic mass is 16.5. The molecule has 1 aliphatic carbocycles. The largest absolute Gasteiger partial charge is 0.341 e. The molecule has 0 amide bonds. The zero-order valence-electron chi connectivity index (χ0n) is 6.50. The van der Waals surface area contributed by atoms with E-state index in [1.807, 2.05) is 0 Å². The van der Waals surface area contributed by atoms with Crippen LogP contribution in [0.2, 0.25) is 0 Å². The second-order valence-electron chi connectivity index (χ2n) is 2.91. The predicted molar refractivity (Wildman–Crippen MR) is 40.3 cm³/mol. The summed E-state index contributed by atoms with van der Waals surface area (Å²) in [5.74, 6) is 1.65. The third-order valence-corrected chi connectivity index (χ3v) is 1.85. The van der Waals surface area contributed by atoms with Crippen LogP contribution in [-0.2, 0) is 6.42 Å². The molecule has 0 aromatic carbocycles. The Labute approximate surface area is 65.0 Å². The molecule has 0 radical (unpaired) electrons. The van der Waals surface area contributed by atoms with Gasteiger partial charge in [-0.2, -0.15) is 4.98 Å². The van der Waals surface area contributed by atoms with Crippen LogP contribution in [0.1, 0.15) is 18.7 Å². The van der Waals surface area contributed by atoms with Crippen molar-refractivity contribution in [2.24, 2.45) is 5.92 Å². The van der Waals surface area contributed by atoms with Crippen molar-refractivity contribution < 1.29 is 4.52 Å². The Morgan fingerprint density at radius 3 is 3.00 bits per heavy atom. The molecule has 1 fully saturated rings. The van der Waals surface area contributed by atoms with Gasteiger partial charge in [-0.3, -0.25) is 0 Å². The van der Waals surface area contributed by atoms with E-state index < -0.39 is 0 Å².